The zero-order valence-corrected chi connectivity index (χ0v) is 14.6. The number of aromatic nitrogens is 2. The second-order valence-corrected chi connectivity index (χ2v) is 7.00. The fraction of sp³-hybridized carbons (Fsp3) is 0.500. The number of aryl methyl sites for hydroxylation is 1. The van der Waals surface area contributed by atoms with E-state index in [0.717, 1.165) is 24.8 Å². The fourth-order valence-electron chi connectivity index (χ4n) is 3.02. The average Bonchev–Trinajstić information content (AvgIpc) is 2.91. The molecule has 1 amide bonds. The van der Waals surface area contributed by atoms with E-state index < -0.39 is 5.97 Å². The summed E-state index contributed by atoms with van der Waals surface area (Å²) in [6, 6.07) is 0. The molecular formula is C16H20N4O3S. The SMILES string of the molecule is Cc1c(C(=O)O)sc2ncnc(N(C)CCN3CCCCC3=O)c12. The third kappa shape index (κ3) is 3.06. The molecule has 1 fully saturated rings. The molecule has 24 heavy (non-hydrogen) atoms. The van der Waals surface area contributed by atoms with Gasteiger partial charge in [-0.3, -0.25) is 4.79 Å². The molecule has 0 aromatic carbocycles. The van der Waals surface area contributed by atoms with Crippen molar-refractivity contribution in [1.29, 1.82) is 0 Å². The van der Waals surface area contributed by atoms with Gasteiger partial charge in [-0.25, -0.2) is 14.8 Å². The largest absolute Gasteiger partial charge is 0.477 e. The molecule has 0 atom stereocenters. The minimum absolute atomic E-state index is 0.211. The molecular weight excluding hydrogens is 328 g/mol. The smallest absolute Gasteiger partial charge is 0.346 e. The topological polar surface area (TPSA) is 86.6 Å². The van der Waals surface area contributed by atoms with Crippen LogP contribution in [0.15, 0.2) is 6.33 Å². The van der Waals surface area contributed by atoms with Crippen molar-refractivity contribution >= 4 is 39.2 Å². The van der Waals surface area contributed by atoms with Crippen LogP contribution < -0.4 is 4.90 Å². The van der Waals surface area contributed by atoms with Gasteiger partial charge in [-0.2, -0.15) is 0 Å². The van der Waals surface area contributed by atoms with Gasteiger partial charge in [-0.05, 0) is 25.3 Å². The van der Waals surface area contributed by atoms with Crippen LogP contribution in [-0.4, -0.2) is 58.5 Å². The summed E-state index contributed by atoms with van der Waals surface area (Å²) in [4.78, 5) is 36.6. The summed E-state index contributed by atoms with van der Waals surface area (Å²) >= 11 is 1.17. The first-order valence-corrected chi connectivity index (χ1v) is 8.77. The van der Waals surface area contributed by atoms with E-state index in [4.69, 9.17) is 0 Å². The number of piperidine rings is 1. The molecule has 1 aliphatic heterocycles. The second-order valence-electron chi connectivity index (χ2n) is 6.00. The van der Waals surface area contributed by atoms with Crippen LogP contribution in [0, 0.1) is 6.92 Å². The Morgan fingerprint density at radius 2 is 2.21 bits per heavy atom. The number of thiophene rings is 1. The molecule has 0 aliphatic carbocycles. The van der Waals surface area contributed by atoms with Gasteiger partial charge >= 0.3 is 5.97 Å². The summed E-state index contributed by atoms with van der Waals surface area (Å²) in [6.07, 6.45) is 4.12. The Bertz CT molecular complexity index is 789. The third-order valence-corrected chi connectivity index (χ3v) is 5.58. The number of likely N-dealkylation sites (tertiary alicyclic amines) is 1. The summed E-state index contributed by atoms with van der Waals surface area (Å²) in [5.41, 5.74) is 0.694. The predicted octanol–water partition coefficient (Wildman–Crippen LogP) is 2.15. The lowest BCUT2D eigenvalue weighted by molar-refractivity contribution is -0.133. The molecule has 1 aliphatic rings. The minimum Gasteiger partial charge on any atom is -0.477 e. The lowest BCUT2D eigenvalue weighted by Crippen LogP contribution is -2.40. The standard InChI is InChI=1S/C16H20N4O3S/c1-10-12-14(17-9-18-15(12)24-13(10)16(22)23)19(2)7-8-20-6-4-3-5-11(20)21/h9H,3-8H2,1-2H3,(H,22,23). The summed E-state index contributed by atoms with van der Waals surface area (Å²) < 4.78 is 0. The van der Waals surface area contributed by atoms with E-state index in [2.05, 4.69) is 9.97 Å². The van der Waals surface area contributed by atoms with Crippen molar-refractivity contribution in [1.82, 2.24) is 14.9 Å². The maximum atomic E-state index is 11.9. The number of carboxylic acids is 1. The summed E-state index contributed by atoms with van der Waals surface area (Å²) in [5, 5.41) is 10.1. The zero-order valence-electron chi connectivity index (χ0n) is 13.8. The van der Waals surface area contributed by atoms with Gasteiger partial charge in [0.25, 0.3) is 0 Å². The number of carbonyl (C=O) groups excluding carboxylic acids is 1. The van der Waals surface area contributed by atoms with Crippen molar-refractivity contribution in [2.45, 2.75) is 26.2 Å². The number of carbonyl (C=O) groups is 2. The molecule has 1 saturated heterocycles. The normalized spacial score (nSPS) is 15.1. The first kappa shape index (κ1) is 16.6. The van der Waals surface area contributed by atoms with E-state index in [-0.39, 0.29) is 5.91 Å². The van der Waals surface area contributed by atoms with Crippen molar-refractivity contribution in [2.75, 3.05) is 31.6 Å². The van der Waals surface area contributed by atoms with Crippen LogP contribution >= 0.6 is 11.3 Å². The highest BCUT2D eigenvalue weighted by atomic mass is 32.1. The van der Waals surface area contributed by atoms with Crippen molar-refractivity contribution in [3.05, 3.63) is 16.8 Å². The van der Waals surface area contributed by atoms with Crippen LogP contribution in [0.1, 0.15) is 34.5 Å². The van der Waals surface area contributed by atoms with E-state index in [0.29, 0.717) is 40.6 Å². The van der Waals surface area contributed by atoms with Crippen LogP contribution in [0.25, 0.3) is 10.2 Å². The highest BCUT2D eigenvalue weighted by Crippen LogP contribution is 2.34. The van der Waals surface area contributed by atoms with Crippen molar-refractivity contribution < 1.29 is 14.7 Å². The second kappa shape index (κ2) is 6.72. The van der Waals surface area contributed by atoms with Gasteiger partial charge in [-0.1, -0.05) is 0 Å². The number of hydrogen-bond acceptors (Lipinski definition) is 6. The first-order chi connectivity index (χ1) is 11.5. The van der Waals surface area contributed by atoms with Gasteiger partial charge in [0.2, 0.25) is 5.91 Å². The van der Waals surface area contributed by atoms with E-state index in [1.165, 1.54) is 17.7 Å². The maximum absolute atomic E-state index is 11.9. The lowest BCUT2D eigenvalue weighted by atomic mass is 10.1. The van der Waals surface area contributed by atoms with Crippen molar-refractivity contribution in [3.63, 3.8) is 0 Å². The summed E-state index contributed by atoms with van der Waals surface area (Å²) in [6.45, 7) is 3.90. The quantitative estimate of drug-likeness (QED) is 0.891. The van der Waals surface area contributed by atoms with E-state index in [1.807, 2.05) is 16.8 Å². The molecule has 7 nitrogen and oxygen atoms in total. The highest BCUT2D eigenvalue weighted by molar-refractivity contribution is 7.20. The predicted molar refractivity (Wildman–Crippen MR) is 92.8 cm³/mol. The summed E-state index contributed by atoms with van der Waals surface area (Å²) in [5.74, 6) is -0.0175. The Morgan fingerprint density at radius 3 is 2.92 bits per heavy atom. The van der Waals surface area contributed by atoms with Crippen LogP contribution in [0.4, 0.5) is 5.82 Å². The minimum atomic E-state index is -0.942. The average molecular weight is 348 g/mol. The Labute approximate surface area is 143 Å². The van der Waals surface area contributed by atoms with E-state index in [9.17, 15) is 14.7 Å². The maximum Gasteiger partial charge on any atom is 0.346 e. The van der Waals surface area contributed by atoms with Crippen LogP contribution in [0.2, 0.25) is 0 Å². The molecule has 3 heterocycles. The number of fused-ring (bicyclic) bond motifs is 1. The first-order valence-electron chi connectivity index (χ1n) is 7.95. The fourth-order valence-corrected chi connectivity index (χ4v) is 4.00. The molecule has 1 N–H and O–H groups in total. The molecule has 0 radical (unpaired) electrons. The highest BCUT2D eigenvalue weighted by Gasteiger charge is 2.22. The van der Waals surface area contributed by atoms with Gasteiger partial charge in [0.05, 0.1) is 5.39 Å². The number of carboxylic acid groups (broad SMARTS) is 1. The molecule has 0 unspecified atom stereocenters. The van der Waals surface area contributed by atoms with Crippen molar-refractivity contribution in [2.24, 2.45) is 0 Å². The number of hydrogen-bond donors (Lipinski definition) is 1. The molecule has 0 bridgehead atoms. The Kier molecular flexibility index (Phi) is 4.66. The Balaban J connectivity index is 1.83. The van der Waals surface area contributed by atoms with Gasteiger partial charge in [-0.15, -0.1) is 11.3 Å². The van der Waals surface area contributed by atoms with Gasteiger partial charge in [0.15, 0.2) is 0 Å². The Morgan fingerprint density at radius 1 is 1.42 bits per heavy atom. The number of rotatable bonds is 5. The van der Waals surface area contributed by atoms with Crippen LogP contribution in [-0.2, 0) is 4.79 Å². The molecule has 2 aromatic rings. The Hall–Kier alpha value is -2.22. The monoisotopic (exact) mass is 348 g/mol. The molecule has 8 heteroatoms. The van der Waals surface area contributed by atoms with Crippen LogP contribution in [0.3, 0.4) is 0 Å². The van der Waals surface area contributed by atoms with E-state index in [1.54, 1.807) is 6.92 Å². The molecule has 0 spiro atoms. The number of nitrogens with zero attached hydrogens (tertiary/aromatic N) is 4. The zero-order chi connectivity index (χ0) is 17.3. The van der Waals surface area contributed by atoms with Gasteiger partial charge in [0.1, 0.15) is 21.9 Å². The van der Waals surface area contributed by atoms with Gasteiger partial charge in [0, 0.05) is 33.1 Å². The molecule has 3 rings (SSSR count). The number of anilines is 1. The number of aromatic carboxylic acids is 1. The lowest BCUT2D eigenvalue weighted by Gasteiger charge is -2.29. The van der Waals surface area contributed by atoms with E-state index >= 15 is 0 Å². The third-order valence-electron chi connectivity index (χ3n) is 4.39. The summed E-state index contributed by atoms with van der Waals surface area (Å²) in [7, 11) is 1.91. The molecule has 0 saturated carbocycles. The number of likely N-dealkylation sites (N-methyl/N-ethyl adjacent to an activating group) is 1. The molecule has 128 valence electrons. The van der Waals surface area contributed by atoms with Crippen LogP contribution in [0.5, 0.6) is 0 Å². The van der Waals surface area contributed by atoms with Crippen molar-refractivity contribution in [3.8, 4) is 0 Å². The van der Waals surface area contributed by atoms with Gasteiger partial charge < -0.3 is 14.9 Å². The molecule has 2 aromatic heterocycles. The number of amides is 1.